The average Bonchev–Trinajstić information content (AvgIpc) is 2.86. The molecule has 1 aliphatic heterocycles. The Morgan fingerprint density at radius 1 is 1.18 bits per heavy atom. The number of carbonyl (C=O) groups excluding carboxylic acids is 2. The summed E-state index contributed by atoms with van der Waals surface area (Å²) in [6.45, 7) is 2.84. The van der Waals surface area contributed by atoms with Gasteiger partial charge in [-0.05, 0) is 18.1 Å². The van der Waals surface area contributed by atoms with Gasteiger partial charge in [-0.25, -0.2) is 12.7 Å². The van der Waals surface area contributed by atoms with Gasteiger partial charge < -0.3 is 15.2 Å². The third kappa shape index (κ3) is 4.71. The molecule has 1 atom stereocenters. The van der Waals surface area contributed by atoms with Crippen LogP contribution in [0, 0.1) is 0 Å². The molecule has 8 nitrogen and oxygen atoms in total. The number of aromatic nitrogens is 1. The molecule has 28 heavy (non-hydrogen) atoms. The van der Waals surface area contributed by atoms with Crippen LogP contribution in [0.15, 0.2) is 30.5 Å². The van der Waals surface area contributed by atoms with E-state index in [-0.39, 0.29) is 18.4 Å². The summed E-state index contributed by atoms with van der Waals surface area (Å²) in [6, 6.07) is 7.11. The predicted molar refractivity (Wildman–Crippen MR) is 107 cm³/mol. The second-order valence-corrected chi connectivity index (χ2v) is 9.14. The topological polar surface area (TPSA) is 103 Å². The summed E-state index contributed by atoms with van der Waals surface area (Å²) in [5.41, 5.74) is 1.93. The highest BCUT2D eigenvalue weighted by Crippen LogP contribution is 2.20. The Hall–Kier alpha value is -2.39. The van der Waals surface area contributed by atoms with Gasteiger partial charge >= 0.3 is 0 Å². The molecule has 9 heteroatoms. The maximum atomic E-state index is 13.1. The molecule has 1 aliphatic rings. The molecular weight excluding hydrogens is 380 g/mol. The van der Waals surface area contributed by atoms with Gasteiger partial charge in [-0.1, -0.05) is 18.2 Å². The molecule has 0 unspecified atom stereocenters. The van der Waals surface area contributed by atoms with Crippen molar-refractivity contribution in [3.05, 3.63) is 36.0 Å². The van der Waals surface area contributed by atoms with Crippen LogP contribution >= 0.6 is 0 Å². The third-order valence-electron chi connectivity index (χ3n) is 5.01. The van der Waals surface area contributed by atoms with Crippen molar-refractivity contribution in [2.75, 3.05) is 32.4 Å². The highest BCUT2D eigenvalue weighted by atomic mass is 32.2. The van der Waals surface area contributed by atoms with E-state index in [9.17, 15) is 18.0 Å². The molecule has 1 aromatic heterocycles. The summed E-state index contributed by atoms with van der Waals surface area (Å²) < 4.78 is 25.0. The van der Waals surface area contributed by atoms with E-state index in [4.69, 9.17) is 0 Å². The zero-order valence-electron chi connectivity index (χ0n) is 16.1. The zero-order chi connectivity index (χ0) is 20.3. The van der Waals surface area contributed by atoms with Crippen LogP contribution in [0.2, 0.25) is 0 Å². The van der Waals surface area contributed by atoms with Gasteiger partial charge in [0, 0.05) is 56.6 Å². The number of aromatic amines is 1. The van der Waals surface area contributed by atoms with E-state index in [2.05, 4.69) is 10.3 Å². The van der Waals surface area contributed by atoms with Gasteiger partial charge in [0.15, 0.2) is 0 Å². The van der Waals surface area contributed by atoms with Crippen molar-refractivity contribution in [1.82, 2.24) is 19.5 Å². The summed E-state index contributed by atoms with van der Waals surface area (Å²) in [5.74, 6) is -0.457. The van der Waals surface area contributed by atoms with Crippen molar-refractivity contribution >= 4 is 32.7 Å². The van der Waals surface area contributed by atoms with Gasteiger partial charge in [0.05, 0.1) is 6.26 Å². The van der Waals surface area contributed by atoms with Crippen LogP contribution in [0.1, 0.15) is 18.9 Å². The van der Waals surface area contributed by atoms with E-state index in [1.54, 1.807) is 4.90 Å². The highest BCUT2D eigenvalue weighted by molar-refractivity contribution is 7.88. The molecule has 1 aromatic carbocycles. The molecule has 2 heterocycles. The zero-order valence-corrected chi connectivity index (χ0v) is 17.0. The van der Waals surface area contributed by atoms with Crippen LogP contribution in [-0.2, 0) is 26.0 Å². The maximum Gasteiger partial charge on any atom is 0.245 e. The quantitative estimate of drug-likeness (QED) is 0.763. The summed E-state index contributed by atoms with van der Waals surface area (Å²) in [7, 11) is -3.28. The number of nitrogens with one attached hydrogen (secondary N) is 2. The monoisotopic (exact) mass is 406 g/mol. The minimum atomic E-state index is -3.28. The van der Waals surface area contributed by atoms with E-state index in [0.717, 1.165) is 16.5 Å². The molecule has 0 saturated carbocycles. The number of rotatable bonds is 5. The molecule has 0 spiro atoms. The Morgan fingerprint density at radius 2 is 1.93 bits per heavy atom. The smallest absolute Gasteiger partial charge is 0.245 e. The number of carbonyl (C=O) groups is 2. The van der Waals surface area contributed by atoms with Gasteiger partial charge in [0.25, 0.3) is 0 Å². The summed E-state index contributed by atoms with van der Waals surface area (Å²) >= 11 is 0. The number of amides is 2. The number of nitrogens with zero attached hydrogens (tertiary/aromatic N) is 2. The molecule has 152 valence electrons. The number of sulfonamides is 1. The van der Waals surface area contributed by atoms with Crippen molar-refractivity contribution in [3.63, 3.8) is 0 Å². The number of H-pyrrole nitrogens is 1. The van der Waals surface area contributed by atoms with Crippen molar-refractivity contribution in [2.24, 2.45) is 0 Å². The molecule has 0 aliphatic carbocycles. The fourth-order valence-electron chi connectivity index (χ4n) is 3.63. The lowest BCUT2D eigenvalue weighted by atomic mass is 10.0. The molecule has 0 radical (unpaired) electrons. The van der Waals surface area contributed by atoms with Gasteiger partial charge in [0.1, 0.15) is 6.04 Å². The van der Waals surface area contributed by atoms with Crippen LogP contribution in [0.5, 0.6) is 0 Å². The molecule has 0 bridgehead atoms. The Morgan fingerprint density at radius 3 is 2.64 bits per heavy atom. The van der Waals surface area contributed by atoms with Crippen LogP contribution in [0.3, 0.4) is 0 Å². The molecule has 1 fully saturated rings. The second-order valence-electron chi connectivity index (χ2n) is 7.16. The summed E-state index contributed by atoms with van der Waals surface area (Å²) in [4.78, 5) is 29.7. The van der Waals surface area contributed by atoms with Crippen LogP contribution in [0.4, 0.5) is 0 Å². The maximum absolute atomic E-state index is 13.1. The van der Waals surface area contributed by atoms with Crippen molar-refractivity contribution < 1.29 is 18.0 Å². The SMILES string of the molecule is CC(=O)N[C@@H](Cc1c[nH]c2ccccc12)C(=O)N1CCCN(S(C)(=O)=O)CC1. The van der Waals surface area contributed by atoms with Crippen LogP contribution < -0.4 is 5.32 Å². The Labute approximate surface area is 164 Å². The normalized spacial score (nSPS) is 17.3. The molecule has 2 aromatic rings. The largest absolute Gasteiger partial charge is 0.361 e. The minimum absolute atomic E-state index is 0.184. The van der Waals surface area contributed by atoms with Crippen molar-refractivity contribution in [3.8, 4) is 0 Å². The first-order valence-electron chi connectivity index (χ1n) is 9.31. The van der Waals surface area contributed by atoms with E-state index in [0.29, 0.717) is 32.5 Å². The summed E-state index contributed by atoms with van der Waals surface area (Å²) in [6.07, 6.45) is 3.98. The Balaban J connectivity index is 1.77. The van der Waals surface area contributed by atoms with E-state index in [1.165, 1.54) is 17.5 Å². The van der Waals surface area contributed by atoms with Crippen LogP contribution in [-0.4, -0.2) is 72.9 Å². The fourth-order valence-corrected chi connectivity index (χ4v) is 4.51. The average molecular weight is 407 g/mol. The molecular formula is C19H26N4O4S. The van der Waals surface area contributed by atoms with Crippen molar-refractivity contribution in [1.29, 1.82) is 0 Å². The Kier molecular flexibility index (Phi) is 6.04. The number of para-hydroxylation sites is 1. The first-order valence-corrected chi connectivity index (χ1v) is 11.2. The lowest BCUT2D eigenvalue weighted by Crippen LogP contribution is -2.50. The summed E-state index contributed by atoms with van der Waals surface area (Å²) in [5, 5.41) is 3.78. The van der Waals surface area contributed by atoms with Crippen molar-refractivity contribution in [2.45, 2.75) is 25.8 Å². The molecule has 2 N–H and O–H groups in total. The Bertz CT molecular complexity index is 969. The minimum Gasteiger partial charge on any atom is -0.361 e. The van der Waals surface area contributed by atoms with E-state index < -0.39 is 16.1 Å². The first-order chi connectivity index (χ1) is 13.3. The number of fused-ring (bicyclic) bond motifs is 1. The van der Waals surface area contributed by atoms with Gasteiger partial charge in [-0.15, -0.1) is 0 Å². The van der Waals surface area contributed by atoms with Gasteiger partial charge in [-0.2, -0.15) is 0 Å². The second kappa shape index (κ2) is 8.32. The predicted octanol–water partition coefficient (Wildman–Crippen LogP) is 0.709. The first kappa shape index (κ1) is 20.3. The fraction of sp³-hybridized carbons (Fsp3) is 0.474. The van der Waals surface area contributed by atoms with Gasteiger partial charge in [0.2, 0.25) is 21.8 Å². The molecule has 2 amide bonds. The van der Waals surface area contributed by atoms with E-state index >= 15 is 0 Å². The lowest BCUT2D eigenvalue weighted by Gasteiger charge is -2.26. The van der Waals surface area contributed by atoms with E-state index in [1.807, 2.05) is 30.5 Å². The standard InChI is InChI=1S/C19H26N4O4S/c1-14(24)21-18(12-15-13-20-17-7-4-3-6-16(15)17)19(25)22-8-5-9-23(11-10-22)28(2,26)27/h3-4,6-7,13,18,20H,5,8-12H2,1-2H3,(H,21,24)/t18-/m0/s1. The number of benzene rings is 1. The molecule has 1 saturated heterocycles. The third-order valence-corrected chi connectivity index (χ3v) is 6.31. The highest BCUT2D eigenvalue weighted by Gasteiger charge is 2.29. The number of hydrogen-bond donors (Lipinski definition) is 2. The number of hydrogen-bond acceptors (Lipinski definition) is 4. The van der Waals surface area contributed by atoms with Crippen LogP contribution in [0.25, 0.3) is 10.9 Å². The lowest BCUT2D eigenvalue weighted by molar-refractivity contribution is -0.135. The molecule has 3 rings (SSSR count). The van der Waals surface area contributed by atoms with Gasteiger partial charge in [-0.3, -0.25) is 9.59 Å².